The van der Waals surface area contributed by atoms with E-state index in [2.05, 4.69) is 21.3 Å². The molecule has 2 atom stereocenters. The second-order valence-corrected chi connectivity index (χ2v) is 9.93. The van der Waals surface area contributed by atoms with Crippen molar-refractivity contribution in [3.63, 3.8) is 0 Å². The van der Waals surface area contributed by atoms with Gasteiger partial charge in [0.2, 0.25) is 17.7 Å². The van der Waals surface area contributed by atoms with Crippen LogP contribution in [0.5, 0.6) is 11.5 Å². The highest BCUT2D eigenvalue weighted by molar-refractivity contribution is 5.98. The fourth-order valence-electron chi connectivity index (χ4n) is 4.57. The van der Waals surface area contributed by atoms with Crippen molar-refractivity contribution in [3.05, 3.63) is 95.6 Å². The molecule has 4 rings (SSSR count). The van der Waals surface area contributed by atoms with Crippen LogP contribution in [0.15, 0.2) is 78.9 Å². The lowest BCUT2D eigenvalue weighted by Crippen LogP contribution is -2.50. The highest BCUT2D eigenvalue weighted by Gasteiger charge is 2.24. The van der Waals surface area contributed by atoms with Crippen molar-refractivity contribution in [2.45, 2.75) is 37.8 Å². The van der Waals surface area contributed by atoms with Gasteiger partial charge in [-0.15, -0.1) is 0 Å². The third-order valence-electron chi connectivity index (χ3n) is 6.79. The van der Waals surface area contributed by atoms with Crippen LogP contribution in [0.1, 0.15) is 34.3 Å². The number of hydrogen-bond donors (Lipinski definition) is 4. The number of amides is 4. The van der Waals surface area contributed by atoms with E-state index in [1.165, 1.54) is 7.11 Å². The average molecular weight is 573 g/mol. The summed E-state index contributed by atoms with van der Waals surface area (Å²) >= 11 is 0. The van der Waals surface area contributed by atoms with E-state index in [0.29, 0.717) is 36.4 Å². The summed E-state index contributed by atoms with van der Waals surface area (Å²) in [5, 5.41) is 11.3. The molecule has 220 valence electrons. The number of ether oxygens (including phenoxy) is 2. The number of rotatable bonds is 5. The zero-order valence-corrected chi connectivity index (χ0v) is 23.6. The van der Waals surface area contributed by atoms with E-state index in [1.807, 2.05) is 60.7 Å². The lowest BCUT2D eigenvalue weighted by molar-refractivity contribution is -0.129. The Labute approximate surface area is 245 Å². The van der Waals surface area contributed by atoms with Gasteiger partial charge in [0.05, 0.1) is 13.7 Å². The molecule has 0 aromatic heterocycles. The zero-order chi connectivity index (χ0) is 29.7. The number of carbonyl (C=O) groups is 4. The van der Waals surface area contributed by atoms with Crippen molar-refractivity contribution in [2.75, 3.05) is 26.8 Å². The molecule has 10 nitrogen and oxygen atoms in total. The van der Waals surface area contributed by atoms with Gasteiger partial charge in [-0.25, -0.2) is 0 Å². The Morgan fingerprint density at radius 3 is 1.98 bits per heavy atom. The molecule has 0 saturated heterocycles. The lowest BCUT2D eigenvalue weighted by atomic mass is 10.0. The fraction of sp³-hybridized carbons (Fsp3) is 0.312. The molecule has 4 N–H and O–H groups in total. The van der Waals surface area contributed by atoms with Crippen LogP contribution in [0.2, 0.25) is 0 Å². The first-order valence-corrected chi connectivity index (χ1v) is 14.0. The Bertz CT molecular complexity index is 1370. The maximum Gasteiger partial charge on any atom is 0.252 e. The first-order valence-electron chi connectivity index (χ1n) is 14.0. The van der Waals surface area contributed by atoms with Gasteiger partial charge in [0.15, 0.2) is 11.5 Å². The van der Waals surface area contributed by atoms with E-state index in [4.69, 9.17) is 9.47 Å². The second kappa shape index (κ2) is 15.2. The van der Waals surface area contributed by atoms with Crippen LogP contribution in [0.4, 0.5) is 0 Å². The molecule has 0 unspecified atom stereocenters. The van der Waals surface area contributed by atoms with Crippen LogP contribution in [-0.4, -0.2) is 62.5 Å². The van der Waals surface area contributed by atoms with Crippen LogP contribution in [0.3, 0.4) is 0 Å². The number of hydrogen-bond acceptors (Lipinski definition) is 6. The number of carbonyl (C=O) groups excluding carboxylic acids is 4. The Balaban J connectivity index is 1.55. The quantitative estimate of drug-likeness (QED) is 0.370. The molecule has 42 heavy (non-hydrogen) atoms. The fourth-order valence-corrected chi connectivity index (χ4v) is 4.57. The van der Waals surface area contributed by atoms with Crippen LogP contribution >= 0.6 is 0 Å². The molecule has 2 bridgehead atoms. The molecule has 1 heterocycles. The molecule has 0 aliphatic carbocycles. The van der Waals surface area contributed by atoms with Gasteiger partial charge in [-0.2, -0.15) is 0 Å². The molecule has 0 spiro atoms. The average Bonchev–Trinajstić information content (AvgIpc) is 3.00. The minimum atomic E-state index is -0.895. The topological polar surface area (TPSA) is 135 Å². The highest BCUT2D eigenvalue weighted by atomic mass is 16.5. The smallest absolute Gasteiger partial charge is 0.252 e. The molecular formula is C32H36N4O6. The van der Waals surface area contributed by atoms with Crippen molar-refractivity contribution in [3.8, 4) is 11.5 Å². The summed E-state index contributed by atoms with van der Waals surface area (Å²) in [6, 6.07) is 21.9. The third kappa shape index (κ3) is 8.82. The van der Waals surface area contributed by atoms with E-state index >= 15 is 0 Å². The normalized spacial score (nSPS) is 19.0. The molecule has 10 heteroatoms. The van der Waals surface area contributed by atoms with E-state index < -0.39 is 23.9 Å². The summed E-state index contributed by atoms with van der Waals surface area (Å²) in [5.41, 5.74) is 2.06. The van der Waals surface area contributed by atoms with Crippen molar-refractivity contribution in [1.29, 1.82) is 0 Å². The summed E-state index contributed by atoms with van der Waals surface area (Å²) in [5.74, 6) is -0.754. The monoisotopic (exact) mass is 572 g/mol. The summed E-state index contributed by atoms with van der Waals surface area (Å²) in [6.45, 7) is 0.599. The SMILES string of the molecule is COc1ccc2cc1OCCCNC(=O)[C@H](Cc1ccccc1)NC(=O)CCNC(=O)[C@H](Cc1ccccc1)NC2=O. The molecule has 4 amide bonds. The molecule has 0 saturated carbocycles. The Morgan fingerprint density at radius 2 is 1.36 bits per heavy atom. The lowest BCUT2D eigenvalue weighted by Gasteiger charge is -2.20. The predicted molar refractivity (Wildman–Crippen MR) is 157 cm³/mol. The summed E-state index contributed by atoms with van der Waals surface area (Å²) in [7, 11) is 1.50. The summed E-state index contributed by atoms with van der Waals surface area (Å²) in [6.07, 6.45) is 1.01. The molecule has 0 fully saturated rings. The Kier molecular flexibility index (Phi) is 10.9. The van der Waals surface area contributed by atoms with Gasteiger partial charge in [-0.05, 0) is 35.7 Å². The number of fused-ring (bicyclic) bond motifs is 2. The molecule has 3 aromatic carbocycles. The summed E-state index contributed by atoms with van der Waals surface area (Å²) < 4.78 is 11.3. The van der Waals surface area contributed by atoms with Crippen LogP contribution < -0.4 is 30.7 Å². The minimum Gasteiger partial charge on any atom is -0.493 e. The number of benzene rings is 3. The van der Waals surface area contributed by atoms with Gasteiger partial charge in [-0.3, -0.25) is 19.2 Å². The van der Waals surface area contributed by atoms with Crippen molar-refractivity contribution >= 4 is 23.6 Å². The molecular weight excluding hydrogens is 536 g/mol. The Hall–Kier alpha value is -4.86. The first kappa shape index (κ1) is 30.1. The molecule has 1 aliphatic heterocycles. The maximum absolute atomic E-state index is 13.2. The number of methoxy groups -OCH3 is 1. The van der Waals surface area contributed by atoms with Gasteiger partial charge in [0.25, 0.3) is 5.91 Å². The third-order valence-corrected chi connectivity index (χ3v) is 6.79. The molecule has 1 aliphatic rings. The van der Waals surface area contributed by atoms with E-state index in [0.717, 1.165) is 11.1 Å². The van der Waals surface area contributed by atoms with Crippen LogP contribution in [0.25, 0.3) is 0 Å². The molecule has 0 radical (unpaired) electrons. The standard InChI is InChI=1S/C32H36N4O6/c1-41-27-14-13-24-21-28(27)42-18-8-16-33-31(39)25(19-22-9-4-2-5-10-22)35-29(37)15-17-34-32(40)26(36-30(24)38)20-23-11-6-3-7-12-23/h2-7,9-14,21,25-26H,8,15-20H2,1H3,(H,33,39)(H,34,40)(H,35,37)(H,36,38)/t25-,26-/m0/s1. The minimum absolute atomic E-state index is 0.0338. The van der Waals surface area contributed by atoms with Gasteiger partial charge in [0, 0.05) is 37.9 Å². The number of nitrogens with one attached hydrogen (secondary N) is 4. The van der Waals surface area contributed by atoms with Crippen LogP contribution in [-0.2, 0) is 27.2 Å². The summed E-state index contributed by atoms with van der Waals surface area (Å²) in [4.78, 5) is 52.3. The Morgan fingerprint density at radius 1 is 0.762 bits per heavy atom. The van der Waals surface area contributed by atoms with Crippen molar-refractivity contribution < 1.29 is 28.7 Å². The van der Waals surface area contributed by atoms with E-state index in [-0.39, 0.29) is 37.8 Å². The predicted octanol–water partition coefficient (Wildman–Crippen LogP) is 2.17. The zero-order valence-electron chi connectivity index (χ0n) is 23.6. The van der Waals surface area contributed by atoms with E-state index in [9.17, 15) is 19.2 Å². The maximum atomic E-state index is 13.2. The first-order chi connectivity index (χ1) is 20.4. The highest BCUT2D eigenvalue weighted by Crippen LogP contribution is 2.28. The van der Waals surface area contributed by atoms with Gasteiger partial charge in [0.1, 0.15) is 12.1 Å². The second-order valence-electron chi connectivity index (χ2n) is 9.93. The molecule has 3 aromatic rings. The van der Waals surface area contributed by atoms with Gasteiger partial charge < -0.3 is 30.7 Å². The van der Waals surface area contributed by atoms with E-state index in [1.54, 1.807) is 18.2 Å². The van der Waals surface area contributed by atoms with Gasteiger partial charge in [-0.1, -0.05) is 60.7 Å². The van der Waals surface area contributed by atoms with Crippen molar-refractivity contribution in [2.24, 2.45) is 0 Å². The largest absolute Gasteiger partial charge is 0.493 e. The van der Waals surface area contributed by atoms with Crippen molar-refractivity contribution in [1.82, 2.24) is 21.3 Å². The van der Waals surface area contributed by atoms with Gasteiger partial charge >= 0.3 is 0 Å². The van der Waals surface area contributed by atoms with Crippen LogP contribution in [0, 0.1) is 0 Å².